The fourth-order valence-corrected chi connectivity index (χ4v) is 4.02. The van der Waals surface area contributed by atoms with Gasteiger partial charge in [0.15, 0.2) is 0 Å². The molecule has 3 amide bonds. The first-order chi connectivity index (χ1) is 12.7. The summed E-state index contributed by atoms with van der Waals surface area (Å²) in [5.74, 6) is -0.364. The van der Waals surface area contributed by atoms with Gasteiger partial charge in [0.25, 0.3) is 0 Å². The van der Waals surface area contributed by atoms with Gasteiger partial charge in [-0.15, -0.1) is 11.3 Å². The van der Waals surface area contributed by atoms with Crippen molar-refractivity contribution in [2.75, 3.05) is 11.9 Å². The Bertz CT molecular complexity index is 956. The first kappa shape index (κ1) is 16.6. The average Bonchev–Trinajstić information content (AvgIpc) is 3.30. The Labute approximate surface area is 155 Å². The third-order valence-electron chi connectivity index (χ3n) is 4.57. The lowest BCUT2D eigenvalue weighted by molar-refractivity contribution is -0.118. The molecule has 1 aromatic heterocycles. The number of thiophene rings is 1. The highest BCUT2D eigenvalue weighted by molar-refractivity contribution is 7.09. The third-order valence-corrected chi connectivity index (χ3v) is 5.45. The molecule has 0 radical (unpaired) electrons. The number of aryl methyl sites for hydroxylation is 2. The van der Waals surface area contributed by atoms with Crippen LogP contribution < -0.4 is 16.0 Å². The number of carbonyl (C=O) groups is 2. The fraction of sp³-hybridized carbons (Fsp3) is 0.200. The maximum absolute atomic E-state index is 12.0. The van der Waals surface area contributed by atoms with Crippen LogP contribution in [0.4, 0.5) is 10.5 Å². The van der Waals surface area contributed by atoms with Gasteiger partial charge in [-0.1, -0.05) is 30.3 Å². The number of anilines is 1. The lowest BCUT2D eigenvalue weighted by Gasteiger charge is -2.11. The molecule has 132 valence electrons. The van der Waals surface area contributed by atoms with Crippen LogP contribution in [0.25, 0.3) is 10.8 Å². The van der Waals surface area contributed by atoms with E-state index in [-0.39, 0.29) is 12.5 Å². The molecule has 0 atom stereocenters. The number of rotatable bonds is 5. The second-order valence-corrected chi connectivity index (χ2v) is 7.31. The summed E-state index contributed by atoms with van der Waals surface area (Å²) < 4.78 is 0. The summed E-state index contributed by atoms with van der Waals surface area (Å²) in [6.45, 7) is 0.462. The molecule has 0 fully saturated rings. The van der Waals surface area contributed by atoms with Gasteiger partial charge in [0, 0.05) is 16.0 Å². The van der Waals surface area contributed by atoms with E-state index in [0.29, 0.717) is 6.54 Å². The summed E-state index contributed by atoms with van der Waals surface area (Å²) in [6, 6.07) is 13.8. The van der Waals surface area contributed by atoms with Crippen LogP contribution >= 0.6 is 11.3 Å². The molecule has 1 aliphatic carbocycles. The molecule has 26 heavy (non-hydrogen) atoms. The first-order valence-electron chi connectivity index (χ1n) is 8.58. The zero-order valence-corrected chi connectivity index (χ0v) is 15.0. The molecular weight excluding hydrogens is 346 g/mol. The minimum atomic E-state index is -0.481. The number of hydrogen-bond donors (Lipinski definition) is 3. The van der Waals surface area contributed by atoms with Crippen molar-refractivity contribution in [3.05, 3.63) is 63.8 Å². The van der Waals surface area contributed by atoms with E-state index >= 15 is 0 Å². The van der Waals surface area contributed by atoms with Crippen LogP contribution in [-0.4, -0.2) is 18.5 Å². The molecule has 0 aliphatic heterocycles. The lowest BCUT2D eigenvalue weighted by atomic mass is 10.0. The van der Waals surface area contributed by atoms with Gasteiger partial charge in [-0.3, -0.25) is 10.1 Å². The Morgan fingerprint density at radius 3 is 2.65 bits per heavy atom. The van der Waals surface area contributed by atoms with Crippen molar-refractivity contribution in [2.45, 2.75) is 19.4 Å². The minimum Gasteiger partial charge on any atom is -0.376 e. The van der Waals surface area contributed by atoms with Crippen molar-refractivity contribution < 1.29 is 9.59 Å². The molecule has 0 saturated heterocycles. The van der Waals surface area contributed by atoms with Crippen molar-refractivity contribution in [3.8, 4) is 0 Å². The number of carbonyl (C=O) groups excluding carboxylic acids is 2. The van der Waals surface area contributed by atoms with Crippen LogP contribution in [0.1, 0.15) is 16.0 Å². The average molecular weight is 365 g/mol. The molecule has 1 aliphatic rings. The Morgan fingerprint density at radius 1 is 1.00 bits per heavy atom. The van der Waals surface area contributed by atoms with Crippen LogP contribution in [0.3, 0.4) is 0 Å². The van der Waals surface area contributed by atoms with E-state index < -0.39 is 6.03 Å². The summed E-state index contributed by atoms with van der Waals surface area (Å²) in [6.07, 6.45) is 2.14. The fourth-order valence-electron chi connectivity index (χ4n) is 3.37. The van der Waals surface area contributed by atoms with Gasteiger partial charge in [0.2, 0.25) is 5.91 Å². The monoisotopic (exact) mass is 365 g/mol. The van der Waals surface area contributed by atoms with E-state index in [2.05, 4.69) is 40.2 Å². The number of imide groups is 1. The predicted octanol–water partition coefficient (Wildman–Crippen LogP) is 3.44. The quantitative estimate of drug-likeness (QED) is 0.649. The third kappa shape index (κ3) is 3.41. The molecule has 2 aromatic carbocycles. The van der Waals surface area contributed by atoms with Crippen LogP contribution in [0.15, 0.2) is 47.8 Å². The predicted molar refractivity (Wildman–Crippen MR) is 105 cm³/mol. The first-order valence-corrected chi connectivity index (χ1v) is 9.46. The van der Waals surface area contributed by atoms with Gasteiger partial charge < -0.3 is 10.6 Å². The van der Waals surface area contributed by atoms with E-state index in [9.17, 15) is 9.59 Å². The summed E-state index contributed by atoms with van der Waals surface area (Å²) in [7, 11) is 0. The smallest absolute Gasteiger partial charge is 0.321 e. The number of nitrogens with one attached hydrogen (secondary N) is 3. The van der Waals surface area contributed by atoms with Gasteiger partial charge >= 0.3 is 6.03 Å². The standard InChI is InChI=1S/C20H19N3O2S/c24-18(23-20(25)22-11-15-4-2-10-26-15)12-21-17-9-8-14-7-6-13-3-1-5-16(17)19(13)14/h1-5,8-10,21H,6-7,11-12H2,(H2,22,23,24,25). The molecule has 1 heterocycles. The van der Waals surface area contributed by atoms with Crippen molar-refractivity contribution in [2.24, 2.45) is 0 Å². The van der Waals surface area contributed by atoms with Crippen molar-refractivity contribution >= 4 is 39.7 Å². The Morgan fingerprint density at radius 2 is 1.85 bits per heavy atom. The molecule has 0 unspecified atom stereocenters. The van der Waals surface area contributed by atoms with E-state index in [0.717, 1.165) is 28.8 Å². The van der Waals surface area contributed by atoms with Crippen molar-refractivity contribution in [1.82, 2.24) is 10.6 Å². The molecule has 4 rings (SSSR count). The normalized spacial score (nSPS) is 12.2. The van der Waals surface area contributed by atoms with Crippen LogP contribution in [0.2, 0.25) is 0 Å². The summed E-state index contributed by atoms with van der Waals surface area (Å²) in [4.78, 5) is 24.9. The highest BCUT2D eigenvalue weighted by atomic mass is 32.1. The Hall–Kier alpha value is -2.86. The number of urea groups is 1. The van der Waals surface area contributed by atoms with Gasteiger partial charge in [-0.05, 0) is 46.9 Å². The largest absolute Gasteiger partial charge is 0.376 e. The minimum absolute atomic E-state index is 0.0467. The molecule has 0 spiro atoms. The SMILES string of the molecule is O=C(CNc1ccc2c3c(cccc13)CC2)NC(=O)NCc1cccs1. The van der Waals surface area contributed by atoms with Crippen LogP contribution in [-0.2, 0) is 24.2 Å². The summed E-state index contributed by atoms with van der Waals surface area (Å²) in [5, 5.41) is 12.6. The summed E-state index contributed by atoms with van der Waals surface area (Å²) in [5.41, 5.74) is 3.64. The molecule has 0 saturated carbocycles. The van der Waals surface area contributed by atoms with Crippen molar-refractivity contribution in [1.29, 1.82) is 0 Å². The van der Waals surface area contributed by atoms with Gasteiger partial charge in [-0.25, -0.2) is 4.79 Å². The zero-order valence-electron chi connectivity index (χ0n) is 14.2. The maximum Gasteiger partial charge on any atom is 0.321 e. The summed E-state index contributed by atoms with van der Waals surface area (Å²) >= 11 is 1.56. The van der Waals surface area contributed by atoms with Gasteiger partial charge in [0.1, 0.15) is 0 Å². The molecule has 3 N–H and O–H groups in total. The van der Waals surface area contributed by atoms with Gasteiger partial charge in [0.05, 0.1) is 13.1 Å². The lowest BCUT2D eigenvalue weighted by Crippen LogP contribution is -2.41. The Kier molecular flexibility index (Phi) is 4.58. The van der Waals surface area contributed by atoms with E-state index in [1.165, 1.54) is 16.5 Å². The number of amides is 3. The highest BCUT2D eigenvalue weighted by Crippen LogP contribution is 2.34. The zero-order chi connectivity index (χ0) is 17.9. The number of benzene rings is 2. The second-order valence-electron chi connectivity index (χ2n) is 6.28. The van der Waals surface area contributed by atoms with Crippen LogP contribution in [0, 0.1) is 0 Å². The molecule has 0 bridgehead atoms. The number of hydrogen-bond acceptors (Lipinski definition) is 4. The second kappa shape index (κ2) is 7.17. The van der Waals surface area contributed by atoms with Crippen molar-refractivity contribution in [3.63, 3.8) is 0 Å². The van der Waals surface area contributed by atoms with E-state index in [1.54, 1.807) is 11.3 Å². The molecular formula is C20H19N3O2S. The van der Waals surface area contributed by atoms with Gasteiger partial charge in [-0.2, -0.15) is 0 Å². The maximum atomic E-state index is 12.0. The van der Waals surface area contributed by atoms with E-state index in [1.807, 2.05) is 23.6 Å². The molecule has 3 aromatic rings. The van der Waals surface area contributed by atoms with Crippen LogP contribution in [0.5, 0.6) is 0 Å². The topological polar surface area (TPSA) is 70.2 Å². The van der Waals surface area contributed by atoms with E-state index in [4.69, 9.17) is 0 Å². The highest BCUT2D eigenvalue weighted by Gasteiger charge is 2.16. The Balaban J connectivity index is 1.35. The molecule has 5 nitrogen and oxygen atoms in total. The molecule has 6 heteroatoms.